The van der Waals surface area contributed by atoms with Crippen molar-refractivity contribution in [1.29, 1.82) is 0 Å². The van der Waals surface area contributed by atoms with Crippen molar-refractivity contribution in [3.63, 3.8) is 0 Å². The molecule has 15 heavy (non-hydrogen) atoms. The number of benzene rings is 1. The van der Waals surface area contributed by atoms with E-state index in [1.54, 1.807) is 37.3 Å². The van der Waals surface area contributed by atoms with Crippen molar-refractivity contribution >= 4 is 5.97 Å². The van der Waals surface area contributed by atoms with Gasteiger partial charge < -0.3 is 10.2 Å². The lowest BCUT2D eigenvalue weighted by atomic mass is 9.82. The lowest BCUT2D eigenvalue weighted by Gasteiger charge is -2.28. The fourth-order valence-electron chi connectivity index (χ4n) is 1.44. The minimum Gasteiger partial charge on any atom is -0.479 e. The van der Waals surface area contributed by atoms with Crippen LogP contribution in [0.3, 0.4) is 0 Å². The first-order valence-corrected chi connectivity index (χ1v) is 4.67. The molecule has 0 unspecified atom stereocenters. The van der Waals surface area contributed by atoms with Crippen molar-refractivity contribution in [3.8, 4) is 0 Å². The van der Waals surface area contributed by atoms with Crippen LogP contribution in [0.25, 0.3) is 0 Å². The molecule has 1 aromatic rings. The van der Waals surface area contributed by atoms with E-state index in [-0.39, 0.29) is 0 Å². The molecule has 1 aromatic carbocycles. The smallest absolute Gasteiger partial charge is 0.341 e. The number of hydrogen-bond acceptors (Lipinski definition) is 2. The molecule has 0 saturated heterocycles. The number of carboxylic acids is 1. The van der Waals surface area contributed by atoms with Crippen LogP contribution in [0.1, 0.15) is 12.5 Å². The van der Waals surface area contributed by atoms with Crippen LogP contribution in [-0.2, 0) is 10.4 Å². The Balaban J connectivity index is 3.24. The van der Waals surface area contributed by atoms with E-state index in [2.05, 4.69) is 6.58 Å². The first kappa shape index (κ1) is 11.5. The maximum Gasteiger partial charge on any atom is 0.341 e. The predicted octanol–water partition coefficient (Wildman–Crippen LogP) is 1.78. The maximum atomic E-state index is 11.1. The van der Waals surface area contributed by atoms with E-state index in [1.165, 1.54) is 6.08 Å². The molecule has 0 saturated carbocycles. The van der Waals surface area contributed by atoms with Gasteiger partial charge in [-0.15, -0.1) is 6.58 Å². The largest absolute Gasteiger partial charge is 0.479 e. The normalized spacial score (nSPS) is 16.4. The van der Waals surface area contributed by atoms with Crippen molar-refractivity contribution in [3.05, 3.63) is 48.6 Å². The summed E-state index contributed by atoms with van der Waals surface area (Å²) in [4.78, 5) is 11.1. The summed E-state index contributed by atoms with van der Waals surface area (Å²) in [6.45, 7) is 5.13. The molecule has 2 atom stereocenters. The van der Waals surface area contributed by atoms with Gasteiger partial charge in [0.2, 0.25) is 0 Å². The zero-order chi connectivity index (χ0) is 11.5. The summed E-state index contributed by atoms with van der Waals surface area (Å²) in [6, 6.07) is 8.34. The monoisotopic (exact) mass is 206 g/mol. The van der Waals surface area contributed by atoms with Crippen LogP contribution in [0.15, 0.2) is 43.0 Å². The predicted molar refractivity (Wildman–Crippen MR) is 57.3 cm³/mol. The summed E-state index contributed by atoms with van der Waals surface area (Å²) < 4.78 is 0. The second kappa shape index (κ2) is 4.28. The standard InChI is InChI=1S/C12H14O3/c1-3-9(2)12(15,11(13)14)10-7-5-4-6-8-10/h3-9,15H,1H2,2H3,(H,13,14)/t9-,12-/m1/s1. The Hall–Kier alpha value is -1.61. The van der Waals surface area contributed by atoms with Crippen LogP contribution in [0.5, 0.6) is 0 Å². The van der Waals surface area contributed by atoms with Gasteiger partial charge in [-0.2, -0.15) is 0 Å². The Kier molecular flexibility index (Phi) is 3.27. The third-order valence-corrected chi connectivity index (χ3v) is 2.55. The van der Waals surface area contributed by atoms with Crippen molar-refractivity contribution in [2.75, 3.05) is 0 Å². The third kappa shape index (κ3) is 1.92. The molecule has 0 amide bonds. The van der Waals surface area contributed by atoms with Gasteiger partial charge in [0, 0.05) is 5.92 Å². The fraction of sp³-hybridized carbons (Fsp3) is 0.250. The van der Waals surface area contributed by atoms with Crippen LogP contribution >= 0.6 is 0 Å². The topological polar surface area (TPSA) is 57.5 Å². The molecule has 0 spiro atoms. The molecule has 80 valence electrons. The van der Waals surface area contributed by atoms with Gasteiger partial charge in [-0.1, -0.05) is 43.3 Å². The molecule has 0 aliphatic carbocycles. The van der Waals surface area contributed by atoms with E-state index in [0.29, 0.717) is 5.56 Å². The molecule has 0 aliphatic rings. The summed E-state index contributed by atoms with van der Waals surface area (Å²) in [5, 5.41) is 19.2. The van der Waals surface area contributed by atoms with E-state index in [1.807, 2.05) is 0 Å². The van der Waals surface area contributed by atoms with Crippen LogP contribution in [0.2, 0.25) is 0 Å². The Bertz CT molecular complexity index is 358. The number of carbonyl (C=O) groups is 1. The maximum absolute atomic E-state index is 11.1. The lowest BCUT2D eigenvalue weighted by Crippen LogP contribution is -2.41. The third-order valence-electron chi connectivity index (χ3n) is 2.55. The van der Waals surface area contributed by atoms with Crippen molar-refractivity contribution < 1.29 is 15.0 Å². The van der Waals surface area contributed by atoms with Gasteiger partial charge in [0.25, 0.3) is 0 Å². The van der Waals surface area contributed by atoms with E-state index in [4.69, 9.17) is 5.11 Å². The Morgan fingerprint density at radius 1 is 1.47 bits per heavy atom. The molecule has 2 N–H and O–H groups in total. The van der Waals surface area contributed by atoms with Crippen molar-refractivity contribution in [2.45, 2.75) is 12.5 Å². The van der Waals surface area contributed by atoms with Gasteiger partial charge in [-0.05, 0) is 5.56 Å². The summed E-state index contributed by atoms with van der Waals surface area (Å²) in [5.41, 5.74) is -1.53. The molecule has 0 aromatic heterocycles. The number of rotatable bonds is 4. The molecule has 0 fully saturated rings. The number of carboxylic acid groups (broad SMARTS) is 1. The van der Waals surface area contributed by atoms with E-state index >= 15 is 0 Å². The van der Waals surface area contributed by atoms with Gasteiger partial charge in [0.15, 0.2) is 5.60 Å². The van der Waals surface area contributed by atoms with Crippen LogP contribution in [0.4, 0.5) is 0 Å². The van der Waals surface area contributed by atoms with Crippen LogP contribution < -0.4 is 0 Å². The first-order valence-electron chi connectivity index (χ1n) is 4.67. The average Bonchev–Trinajstić information content (AvgIpc) is 2.27. The Labute approximate surface area is 88.7 Å². The van der Waals surface area contributed by atoms with Gasteiger partial charge in [0.05, 0.1) is 0 Å². The van der Waals surface area contributed by atoms with Gasteiger partial charge >= 0.3 is 5.97 Å². The summed E-state index contributed by atoms with van der Waals surface area (Å²) >= 11 is 0. The fourth-order valence-corrected chi connectivity index (χ4v) is 1.44. The molecule has 0 radical (unpaired) electrons. The molecule has 0 aliphatic heterocycles. The molecule has 3 nitrogen and oxygen atoms in total. The average molecular weight is 206 g/mol. The highest BCUT2D eigenvalue weighted by molar-refractivity contribution is 5.79. The van der Waals surface area contributed by atoms with Crippen molar-refractivity contribution in [2.24, 2.45) is 5.92 Å². The van der Waals surface area contributed by atoms with E-state index < -0.39 is 17.5 Å². The second-order valence-corrected chi connectivity index (χ2v) is 3.46. The van der Waals surface area contributed by atoms with Crippen LogP contribution in [-0.4, -0.2) is 16.2 Å². The highest BCUT2D eigenvalue weighted by atomic mass is 16.4. The zero-order valence-corrected chi connectivity index (χ0v) is 8.55. The highest BCUT2D eigenvalue weighted by Crippen LogP contribution is 2.30. The Morgan fingerprint density at radius 3 is 2.40 bits per heavy atom. The summed E-state index contributed by atoms with van der Waals surface area (Å²) in [7, 11) is 0. The van der Waals surface area contributed by atoms with Gasteiger partial charge in [-0.25, -0.2) is 4.79 Å². The highest BCUT2D eigenvalue weighted by Gasteiger charge is 2.42. The molecular weight excluding hydrogens is 192 g/mol. The molecule has 3 heteroatoms. The number of aliphatic carboxylic acids is 1. The number of aliphatic hydroxyl groups is 1. The minimum absolute atomic E-state index is 0.366. The second-order valence-electron chi connectivity index (χ2n) is 3.46. The molecule has 0 heterocycles. The Morgan fingerprint density at radius 2 is 2.00 bits per heavy atom. The SMILES string of the molecule is C=C[C@@H](C)[C@](O)(C(=O)O)c1ccccc1. The zero-order valence-electron chi connectivity index (χ0n) is 8.55. The van der Waals surface area contributed by atoms with Gasteiger partial charge in [-0.3, -0.25) is 0 Å². The van der Waals surface area contributed by atoms with Crippen molar-refractivity contribution in [1.82, 2.24) is 0 Å². The van der Waals surface area contributed by atoms with E-state index in [9.17, 15) is 9.90 Å². The minimum atomic E-state index is -1.90. The summed E-state index contributed by atoms with van der Waals surface area (Å²) in [5.74, 6) is -1.82. The molecule has 1 rings (SSSR count). The number of hydrogen-bond donors (Lipinski definition) is 2. The van der Waals surface area contributed by atoms with Crippen LogP contribution in [0, 0.1) is 5.92 Å². The molecule has 0 bridgehead atoms. The molecular formula is C12H14O3. The quantitative estimate of drug-likeness (QED) is 0.738. The van der Waals surface area contributed by atoms with E-state index in [0.717, 1.165) is 0 Å². The van der Waals surface area contributed by atoms with Gasteiger partial charge in [0.1, 0.15) is 0 Å². The first-order chi connectivity index (χ1) is 7.03. The summed E-state index contributed by atoms with van der Waals surface area (Å²) in [6.07, 6.45) is 1.43. The lowest BCUT2D eigenvalue weighted by molar-refractivity contribution is -0.163.